The fourth-order valence-corrected chi connectivity index (χ4v) is 2.99. The Hall–Kier alpha value is -0.900. The number of guanidine groups is 1. The van der Waals surface area contributed by atoms with Crippen molar-refractivity contribution >= 4 is 29.9 Å². The molecule has 23 heavy (non-hydrogen) atoms. The van der Waals surface area contributed by atoms with Gasteiger partial charge in [-0.25, -0.2) is 4.99 Å². The van der Waals surface area contributed by atoms with E-state index < -0.39 is 0 Å². The summed E-state index contributed by atoms with van der Waals surface area (Å²) in [5.41, 5.74) is 0. The molecule has 0 saturated carbocycles. The Morgan fingerprint density at radius 2 is 2.22 bits per heavy atom. The normalized spacial score (nSPS) is 20.7. The van der Waals surface area contributed by atoms with Gasteiger partial charge in [0.15, 0.2) is 11.8 Å². The maximum atomic E-state index is 5.63. The number of rotatable bonds is 5. The minimum absolute atomic E-state index is 0. The minimum Gasteiger partial charge on any atom is -0.376 e. The van der Waals surface area contributed by atoms with E-state index in [2.05, 4.69) is 37.3 Å². The first-order valence-corrected chi connectivity index (χ1v) is 8.41. The van der Waals surface area contributed by atoms with Gasteiger partial charge in [-0.15, -0.1) is 34.2 Å². The molecule has 3 rings (SSSR count). The Bertz CT molecular complexity index is 512. The fourth-order valence-electron chi connectivity index (χ4n) is 2.99. The second kappa shape index (κ2) is 9.41. The molecule has 2 N–H and O–H groups in total. The molecule has 130 valence electrons. The molecule has 1 unspecified atom stereocenters. The van der Waals surface area contributed by atoms with Gasteiger partial charge in [0.1, 0.15) is 12.4 Å². The standard InChI is InChI=1S/C15H26N6O.HI/c1-2-16-15(17-10-12-6-5-9-22-12)18-11-14-20-19-13-7-3-4-8-21(13)14;/h12H,2-11H2,1H3,(H2,16,17,18);1H. The molecule has 0 spiro atoms. The van der Waals surface area contributed by atoms with Gasteiger partial charge in [0, 0.05) is 32.7 Å². The van der Waals surface area contributed by atoms with E-state index in [9.17, 15) is 0 Å². The largest absolute Gasteiger partial charge is 0.376 e. The maximum absolute atomic E-state index is 5.63. The van der Waals surface area contributed by atoms with Crippen molar-refractivity contribution in [3.8, 4) is 0 Å². The first-order valence-electron chi connectivity index (χ1n) is 8.41. The van der Waals surface area contributed by atoms with Gasteiger partial charge in [-0.05, 0) is 32.6 Å². The van der Waals surface area contributed by atoms with Crippen molar-refractivity contribution in [2.24, 2.45) is 4.99 Å². The van der Waals surface area contributed by atoms with Gasteiger partial charge in [-0.1, -0.05) is 0 Å². The van der Waals surface area contributed by atoms with E-state index in [-0.39, 0.29) is 24.0 Å². The molecule has 2 aliphatic rings. The summed E-state index contributed by atoms with van der Waals surface area (Å²) in [6.07, 6.45) is 6.06. The number of hydrogen-bond donors (Lipinski definition) is 2. The Morgan fingerprint density at radius 3 is 3.00 bits per heavy atom. The number of aryl methyl sites for hydroxylation is 1. The van der Waals surface area contributed by atoms with E-state index in [1.54, 1.807) is 0 Å². The van der Waals surface area contributed by atoms with Crippen molar-refractivity contribution in [1.82, 2.24) is 25.4 Å². The molecule has 1 aromatic heterocycles. The molecule has 0 radical (unpaired) electrons. The topological polar surface area (TPSA) is 76.4 Å². The molecule has 0 aromatic carbocycles. The van der Waals surface area contributed by atoms with Crippen molar-refractivity contribution in [3.05, 3.63) is 11.6 Å². The SMILES string of the molecule is CCNC(=NCc1nnc2n1CCCC2)NCC1CCCO1.I. The quantitative estimate of drug-likeness (QED) is 0.417. The van der Waals surface area contributed by atoms with E-state index in [1.165, 1.54) is 12.8 Å². The molecular weight excluding hydrogens is 407 g/mol. The van der Waals surface area contributed by atoms with Crippen LogP contribution in [0.1, 0.15) is 44.3 Å². The highest BCUT2D eigenvalue weighted by Crippen LogP contribution is 2.14. The number of aromatic nitrogens is 3. The van der Waals surface area contributed by atoms with Gasteiger partial charge >= 0.3 is 0 Å². The summed E-state index contributed by atoms with van der Waals surface area (Å²) in [6, 6.07) is 0. The second-order valence-electron chi connectivity index (χ2n) is 5.85. The summed E-state index contributed by atoms with van der Waals surface area (Å²) in [5, 5.41) is 15.2. The van der Waals surface area contributed by atoms with Crippen LogP contribution in [-0.4, -0.2) is 46.5 Å². The van der Waals surface area contributed by atoms with E-state index >= 15 is 0 Å². The van der Waals surface area contributed by atoms with Crippen LogP contribution in [0.4, 0.5) is 0 Å². The van der Waals surface area contributed by atoms with Crippen LogP contribution in [0.25, 0.3) is 0 Å². The van der Waals surface area contributed by atoms with E-state index in [0.29, 0.717) is 12.6 Å². The monoisotopic (exact) mass is 434 g/mol. The third-order valence-electron chi connectivity index (χ3n) is 4.18. The van der Waals surface area contributed by atoms with Crippen molar-refractivity contribution in [3.63, 3.8) is 0 Å². The molecule has 1 saturated heterocycles. The Labute approximate surface area is 154 Å². The number of halogens is 1. The van der Waals surface area contributed by atoms with Crippen LogP contribution >= 0.6 is 24.0 Å². The first kappa shape index (κ1) is 18.4. The average Bonchev–Trinajstić information content (AvgIpc) is 3.20. The highest BCUT2D eigenvalue weighted by Gasteiger charge is 2.17. The molecular formula is C15H27IN6O. The average molecular weight is 434 g/mol. The van der Waals surface area contributed by atoms with Gasteiger partial charge in [0.25, 0.3) is 0 Å². The maximum Gasteiger partial charge on any atom is 0.191 e. The zero-order chi connectivity index (χ0) is 15.2. The number of fused-ring (bicyclic) bond motifs is 1. The Kier molecular flexibility index (Phi) is 7.54. The van der Waals surface area contributed by atoms with Gasteiger partial charge in [0.2, 0.25) is 0 Å². The first-order chi connectivity index (χ1) is 10.9. The lowest BCUT2D eigenvalue weighted by Gasteiger charge is -2.16. The van der Waals surface area contributed by atoms with Crippen LogP contribution in [0, 0.1) is 0 Å². The Balaban J connectivity index is 0.00000192. The minimum atomic E-state index is 0. The van der Waals surface area contributed by atoms with Crippen molar-refractivity contribution in [2.75, 3.05) is 19.7 Å². The third-order valence-corrected chi connectivity index (χ3v) is 4.18. The van der Waals surface area contributed by atoms with Gasteiger partial charge in [-0.3, -0.25) is 0 Å². The summed E-state index contributed by atoms with van der Waals surface area (Å²) >= 11 is 0. The molecule has 8 heteroatoms. The van der Waals surface area contributed by atoms with E-state index in [0.717, 1.165) is 63.1 Å². The van der Waals surface area contributed by atoms with Gasteiger partial charge < -0.3 is 19.9 Å². The van der Waals surface area contributed by atoms with E-state index in [4.69, 9.17) is 4.74 Å². The molecule has 3 heterocycles. The lowest BCUT2D eigenvalue weighted by Crippen LogP contribution is -2.41. The zero-order valence-corrected chi connectivity index (χ0v) is 16.1. The van der Waals surface area contributed by atoms with Gasteiger partial charge in [0.05, 0.1) is 6.10 Å². The molecule has 7 nitrogen and oxygen atoms in total. The Morgan fingerprint density at radius 1 is 1.30 bits per heavy atom. The molecule has 1 aromatic rings. The predicted molar refractivity (Wildman–Crippen MR) is 100 cm³/mol. The number of ether oxygens (including phenoxy) is 1. The smallest absolute Gasteiger partial charge is 0.191 e. The molecule has 0 aliphatic carbocycles. The molecule has 1 atom stereocenters. The summed E-state index contributed by atoms with van der Waals surface area (Å²) in [7, 11) is 0. The van der Waals surface area contributed by atoms with Crippen LogP contribution in [0.3, 0.4) is 0 Å². The van der Waals surface area contributed by atoms with Crippen LogP contribution < -0.4 is 10.6 Å². The molecule has 0 bridgehead atoms. The van der Waals surface area contributed by atoms with E-state index in [1.807, 2.05) is 0 Å². The predicted octanol–water partition coefficient (Wildman–Crippen LogP) is 1.47. The lowest BCUT2D eigenvalue weighted by molar-refractivity contribution is 0.114. The van der Waals surface area contributed by atoms with Crippen LogP contribution in [-0.2, 0) is 24.2 Å². The van der Waals surface area contributed by atoms with Crippen molar-refractivity contribution in [2.45, 2.75) is 58.2 Å². The van der Waals surface area contributed by atoms with Crippen molar-refractivity contribution in [1.29, 1.82) is 0 Å². The highest BCUT2D eigenvalue weighted by molar-refractivity contribution is 14.0. The number of aliphatic imine (C=N–C) groups is 1. The summed E-state index contributed by atoms with van der Waals surface area (Å²) in [6.45, 7) is 6.19. The van der Waals surface area contributed by atoms with Gasteiger partial charge in [-0.2, -0.15) is 0 Å². The highest BCUT2D eigenvalue weighted by atomic mass is 127. The van der Waals surface area contributed by atoms with Crippen LogP contribution in [0.15, 0.2) is 4.99 Å². The molecule has 1 fully saturated rings. The fraction of sp³-hybridized carbons (Fsp3) is 0.800. The summed E-state index contributed by atoms with van der Waals surface area (Å²) in [4.78, 5) is 4.64. The molecule has 0 amide bonds. The number of nitrogens with one attached hydrogen (secondary N) is 2. The second-order valence-corrected chi connectivity index (χ2v) is 5.85. The number of nitrogens with zero attached hydrogens (tertiary/aromatic N) is 4. The van der Waals surface area contributed by atoms with Crippen LogP contribution in [0.2, 0.25) is 0 Å². The summed E-state index contributed by atoms with van der Waals surface area (Å²) < 4.78 is 7.85. The molecule has 2 aliphatic heterocycles. The number of hydrogen-bond acceptors (Lipinski definition) is 4. The zero-order valence-electron chi connectivity index (χ0n) is 13.8. The summed E-state index contributed by atoms with van der Waals surface area (Å²) in [5.74, 6) is 2.89. The third kappa shape index (κ3) is 5.03. The van der Waals surface area contributed by atoms with Crippen LogP contribution in [0.5, 0.6) is 0 Å². The lowest BCUT2D eigenvalue weighted by atomic mass is 10.2. The van der Waals surface area contributed by atoms with Crippen molar-refractivity contribution < 1.29 is 4.74 Å².